The maximum Gasteiger partial charge on any atom is 0.202 e. The van der Waals surface area contributed by atoms with Crippen molar-refractivity contribution >= 4 is 29.8 Å². The number of aliphatic hydroxyl groups excluding tert-OH is 1. The maximum atomic E-state index is 13.6. The normalized spacial score (nSPS) is 22.6. The van der Waals surface area contributed by atoms with Gasteiger partial charge in [-0.3, -0.25) is 14.4 Å². The Balaban J connectivity index is 0.00000320. The van der Waals surface area contributed by atoms with Gasteiger partial charge in [0.1, 0.15) is 29.5 Å². The minimum Gasteiger partial charge on any atom is -0.507 e. The highest BCUT2D eigenvalue weighted by Gasteiger charge is 2.49. The molecular formula is C27H38ClNO11. The average Bonchev–Trinajstić information content (AvgIpc) is 2.88. The quantitative estimate of drug-likeness (QED) is 0.272. The molecule has 0 spiro atoms. The minimum atomic E-state index is -2.14. The van der Waals surface area contributed by atoms with Crippen molar-refractivity contribution in [3.8, 4) is 17.2 Å². The average molecular weight is 588 g/mol. The molecule has 9 N–H and O–H groups in total. The number of phenolic OH excluding ortho intramolecular Hbond substituents is 2. The Hall–Kier alpha value is -3.10. The summed E-state index contributed by atoms with van der Waals surface area (Å²) in [7, 11) is 1.35. The molecule has 1 unspecified atom stereocenters. The Bertz CT molecular complexity index is 1300. The number of halogens is 1. The molecule has 0 saturated carbocycles. The van der Waals surface area contributed by atoms with Crippen molar-refractivity contribution in [2.24, 2.45) is 0 Å². The van der Waals surface area contributed by atoms with E-state index in [0.717, 1.165) is 12.8 Å². The van der Waals surface area contributed by atoms with Crippen LogP contribution in [0.2, 0.25) is 0 Å². The molecule has 0 amide bonds. The van der Waals surface area contributed by atoms with E-state index in [9.17, 15) is 34.8 Å². The zero-order chi connectivity index (χ0) is 25.8. The van der Waals surface area contributed by atoms with Gasteiger partial charge in [-0.05, 0) is 25.3 Å². The van der Waals surface area contributed by atoms with Gasteiger partial charge in [-0.15, -0.1) is 12.4 Å². The van der Waals surface area contributed by atoms with Crippen LogP contribution in [0.3, 0.4) is 0 Å². The first-order valence-electron chi connectivity index (χ1n) is 11.7. The predicted molar refractivity (Wildman–Crippen MR) is 147 cm³/mol. The second kappa shape index (κ2) is 13.0. The monoisotopic (exact) mass is 587 g/mol. The van der Waals surface area contributed by atoms with E-state index in [-0.39, 0.29) is 67.3 Å². The van der Waals surface area contributed by atoms with Gasteiger partial charge in [0.2, 0.25) is 5.78 Å². The number of rotatable bonds is 5. The van der Waals surface area contributed by atoms with E-state index >= 15 is 0 Å². The molecule has 3 atom stereocenters. The second-order valence-electron chi connectivity index (χ2n) is 9.30. The standard InChI is InChI=1S/C26H26O10.CH4.ClH.H3N.H2O.H2/c1-34-14-6-4-5-12-18(14)24(31)21-20(22(12)29)23(30)13-9-26(33,16(28)11-27)10-15(19(13)25(21)32)36-17-7-2-3-8-35-17;;;;;/h4-6,15,17,27,30,32-33H,2-3,7-11H2,1H3;1H4;1H;1H3;1H2;1H/t15-,17?,26-;;;;;/m0...../s1. The predicted octanol–water partition coefficient (Wildman–Crippen LogP) is 2.35. The summed E-state index contributed by atoms with van der Waals surface area (Å²) in [5, 5.41) is 43.3. The first kappa shape index (κ1) is 34.9. The number of benzene rings is 2. The molecular weight excluding hydrogens is 550 g/mol. The number of hydrogen-bond donors (Lipinski definition) is 5. The van der Waals surface area contributed by atoms with Crippen LogP contribution < -0.4 is 10.9 Å². The van der Waals surface area contributed by atoms with Crippen molar-refractivity contribution in [1.82, 2.24) is 6.15 Å². The number of carbonyl (C=O) groups is 3. The number of methoxy groups -OCH3 is 1. The van der Waals surface area contributed by atoms with Crippen LogP contribution in [0.5, 0.6) is 17.2 Å². The Morgan fingerprint density at radius 1 is 1.12 bits per heavy atom. The number of Topliss-reactive ketones (excluding diaryl/α,β-unsaturated/α-hetero) is 1. The molecule has 0 radical (unpaired) electrons. The van der Waals surface area contributed by atoms with E-state index < -0.39 is 71.0 Å². The summed E-state index contributed by atoms with van der Waals surface area (Å²) < 4.78 is 16.9. The lowest BCUT2D eigenvalue weighted by molar-refractivity contribution is -0.204. The fourth-order valence-electron chi connectivity index (χ4n) is 5.40. The van der Waals surface area contributed by atoms with Gasteiger partial charge in [0, 0.05) is 37.6 Å². The number of carbonyl (C=O) groups excluding carboxylic acids is 3. The molecule has 1 saturated heterocycles. The van der Waals surface area contributed by atoms with Crippen LogP contribution in [0.1, 0.15) is 83.6 Å². The molecule has 0 aromatic heterocycles. The Labute approximate surface area is 238 Å². The van der Waals surface area contributed by atoms with Crippen molar-refractivity contribution < 1.29 is 55.9 Å². The molecule has 1 fully saturated rings. The van der Waals surface area contributed by atoms with Crippen molar-refractivity contribution in [2.45, 2.75) is 57.5 Å². The SMILES string of the molecule is C.COc1cccc2c1C(=O)c1c(O)c3c(c(O)c1C2=O)C[C@@](O)(C(=O)CO)C[C@@H]3OC1CCCCO1.Cl.N.O.[HH]. The number of fused-ring (bicyclic) bond motifs is 3. The molecule has 13 heteroatoms. The molecule has 2 aromatic carbocycles. The highest BCUT2D eigenvalue weighted by Crippen LogP contribution is 2.52. The molecule has 2 aliphatic carbocycles. The lowest BCUT2D eigenvalue weighted by atomic mass is 9.72. The smallest absolute Gasteiger partial charge is 0.202 e. The van der Waals surface area contributed by atoms with Crippen LogP contribution in [0.25, 0.3) is 0 Å². The highest BCUT2D eigenvalue weighted by atomic mass is 35.5. The van der Waals surface area contributed by atoms with Gasteiger partial charge < -0.3 is 46.3 Å². The summed E-state index contributed by atoms with van der Waals surface area (Å²) in [4.78, 5) is 39.5. The van der Waals surface area contributed by atoms with Gasteiger partial charge >= 0.3 is 0 Å². The lowest BCUT2D eigenvalue weighted by Gasteiger charge is -2.40. The summed E-state index contributed by atoms with van der Waals surface area (Å²) in [6.07, 6.45) is -0.549. The lowest BCUT2D eigenvalue weighted by Crippen LogP contribution is -2.48. The molecule has 2 aromatic rings. The molecule has 12 nitrogen and oxygen atoms in total. The second-order valence-corrected chi connectivity index (χ2v) is 9.30. The van der Waals surface area contributed by atoms with Gasteiger partial charge in [0.15, 0.2) is 17.9 Å². The summed E-state index contributed by atoms with van der Waals surface area (Å²) in [6.45, 7) is -0.518. The number of ketones is 3. The van der Waals surface area contributed by atoms with Crippen LogP contribution in [0.4, 0.5) is 0 Å². The van der Waals surface area contributed by atoms with Crippen molar-refractivity contribution in [1.29, 1.82) is 0 Å². The molecule has 40 heavy (non-hydrogen) atoms. The zero-order valence-corrected chi connectivity index (χ0v) is 22.0. The van der Waals surface area contributed by atoms with Crippen molar-refractivity contribution in [3.05, 3.63) is 51.6 Å². The third-order valence-corrected chi connectivity index (χ3v) is 7.19. The Morgan fingerprint density at radius 2 is 1.80 bits per heavy atom. The van der Waals surface area contributed by atoms with Crippen LogP contribution in [0.15, 0.2) is 18.2 Å². The van der Waals surface area contributed by atoms with E-state index in [1.54, 1.807) is 0 Å². The fraction of sp³-hybridized carbons (Fsp3) is 0.444. The third-order valence-electron chi connectivity index (χ3n) is 7.19. The first-order chi connectivity index (χ1) is 17.2. The summed E-state index contributed by atoms with van der Waals surface area (Å²) in [5.74, 6) is -3.41. The molecule has 0 bridgehead atoms. The summed E-state index contributed by atoms with van der Waals surface area (Å²) in [5.41, 5.74) is -3.12. The van der Waals surface area contributed by atoms with E-state index in [4.69, 9.17) is 14.2 Å². The Kier molecular flexibility index (Phi) is 11.4. The summed E-state index contributed by atoms with van der Waals surface area (Å²) in [6, 6.07) is 4.45. The van der Waals surface area contributed by atoms with E-state index in [2.05, 4.69) is 0 Å². The molecule has 5 rings (SSSR count). The van der Waals surface area contributed by atoms with Gasteiger partial charge in [0.25, 0.3) is 0 Å². The number of aromatic hydroxyl groups is 2. The Morgan fingerprint density at radius 3 is 2.40 bits per heavy atom. The third kappa shape index (κ3) is 5.31. The van der Waals surface area contributed by atoms with Gasteiger partial charge in [-0.1, -0.05) is 19.6 Å². The van der Waals surface area contributed by atoms with E-state index in [1.165, 1.54) is 25.3 Å². The maximum absolute atomic E-state index is 13.6. The van der Waals surface area contributed by atoms with Crippen LogP contribution >= 0.6 is 12.4 Å². The first-order valence-corrected chi connectivity index (χ1v) is 11.7. The number of hydrogen-bond acceptors (Lipinski definition) is 11. The van der Waals surface area contributed by atoms with E-state index in [1.807, 2.05) is 0 Å². The van der Waals surface area contributed by atoms with Crippen LogP contribution in [-0.2, 0) is 20.7 Å². The minimum absolute atomic E-state index is 0. The fourth-order valence-corrected chi connectivity index (χ4v) is 5.40. The van der Waals surface area contributed by atoms with Crippen LogP contribution in [-0.4, -0.2) is 75.5 Å². The number of phenols is 2. The van der Waals surface area contributed by atoms with E-state index in [0.29, 0.717) is 13.0 Å². The molecule has 224 valence electrons. The van der Waals surface area contributed by atoms with Crippen molar-refractivity contribution in [3.63, 3.8) is 0 Å². The number of ether oxygens (including phenoxy) is 3. The van der Waals surface area contributed by atoms with Crippen LogP contribution in [0, 0.1) is 0 Å². The van der Waals surface area contributed by atoms with Gasteiger partial charge in [-0.25, -0.2) is 0 Å². The molecule has 1 heterocycles. The number of aliphatic hydroxyl groups is 2. The molecule has 1 aliphatic heterocycles. The summed E-state index contributed by atoms with van der Waals surface area (Å²) >= 11 is 0. The van der Waals surface area contributed by atoms with Crippen molar-refractivity contribution in [2.75, 3.05) is 20.3 Å². The van der Waals surface area contributed by atoms with Gasteiger partial charge in [-0.2, -0.15) is 0 Å². The zero-order valence-electron chi connectivity index (χ0n) is 21.2. The van der Waals surface area contributed by atoms with Gasteiger partial charge in [0.05, 0.1) is 29.9 Å². The topological polar surface area (TPSA) is 226 Å². The highest BCUT2D eigenvalue weighted by molar-refractivity contribution is 6.31. The molecule has 3 aliphatic rings. The largest absolute Gasteiger partial charge is 0.507 e.